The van der Waals surface area contributed by atoms with Crippen LogP contribution < -0.4 is 15.4 Å². The molecule has 1 aliphatic carbocycles. The molecule has 1 amide bonds. The summed E-state index contributed by atoms with van der Waals surface area (Å²) < 4.78 is 6.13. The maximum atomic E-state index is 11.7. The van der Waals surface area contributed by atoms with E-state index in [0.717, 1.165) is 30.7 Å². The first-order valence-corrected chi connectivity index (χ1v) is 9.56. The number of nitrogens with zero attached hydrogens (tertiary/aromatic N) is 2. The SMILES string of the molecule is CCNC(=NCc1cccc(OC2CCCCC2)c1)NCC(=O)N(C)C.I. The van der Waals surface area contributed by atoms with Gasteiger partial charge in [-0.25, -0.2) is 4.99 Å². The molecule has 0 bridgehead atoms. The first-order valence-electron chi connectivity index (χ1n) is 9.56. The van der Waals surface area contributed by atoms with Gasteiger partial charge in [0.25, 0.3) is 0 Å². The van der Waals surface area contributed by atoms with E-state index in [-0.39, 0.29) is 36.4 Å². The number of rotatable bonds is 7. The molecule has 0 aromatic heterocycles. The van der Waals surface area contributed by atoms with Crippen molar-refractivity contribution in [2.75, 3.05) is 27.2 Å². The number of likely N-dealkylation sites (N-methyl/N-ethyl adjacent to an activating group) is 1. The lowest BCUT2D eigenvalue weighted by atomic mass is 9.98. The Bertz CT molecular complexity index is 601. The number of ether oxygens (including phenoxy) is 1. The lowest BCUT2D eigenvalue weighted by molar-refractivity contribution is -0.127. The molecule has 1 saturated carbocycles. The van der Waals surface area contributed by atoms with Crippen LogP contribution in [0.5, 0.6) is 5.75 Å². The molecule has 27 heavy (non-hydrogen) atoms. The van der Waals surface area contributed by atoms with Crippen LogP contribution >= 0.6 is 24.0 Å². The first-order chi connectivity index (χ1) is 12.6. The molecular formula is C20H33IN4O2. The third-order valence-electron chi connectivity index (χ3n) is 4.42. The zero-order chi connectivity index (χ0) is 18.8. The van der Waals surface area contributed by atoms with Crippen molar-refractivity contribution in [3.63, 3.8) is 0 Å². The van der Waals surface area contributed by atoms with Crippen LogP contribution in [-0.4, -0.2) is 50.1 Å². The maximum absolute atomic E-state index is 11.7. The Morgan fingerprint density at radius 2 is 1.96 bits per heavy atom. The summed E-state index contributed by atoms with van der Waals surface area (Å²) in [6.45, 7) is 3.51. The molecule has 0 spiro atoms. The quantitative estimate of drug-likeness (QED) is 0.352. The van der Waals surface area contributed by atoms with E-state index in [1.54, 1.807) is 19.0 Å². The number of benzene rings is 1. The fourth-order valence-corrected chi connectivity index (χ4v) is 2.92. The Balaban J connectivity index is 0.00000364. The molecule has 152 valence electrons. The van der Waals surface area contributed by atoms with E-state index in [2.05, 4.69) is 21.7 Å². The summed E-state index contributed by atoms with van der Waals surface area (Å²) in [7, 11) is 3.48. The van der Waals surface area contributed by atoms with Crippen LogP contribution in [0.15, 0.2) is 29.3 Å². The van der Waals surface area contributed by atoms with Gasteiger partial charge in [-0.15, -0.1) is 24.0 Å². The van der Waals surface area contributed by atoms with Gasteiger partial charge in [-0.05, 0) is 50.3 Å². The van der Waals surface area contributed by atoms with E-state index in [0.29, 0.717) is 18.6 Å². The monoisotopic (exact) mass is 488 g/mol. The third kappa shape index (κ3) is 8.81. The van der Waals surface area contributed by atoms with Crippen LogP contribution in [0, 0.1) is 0 Å². The highest BCUT2D eigenvalue weighted by atomic mass is 127. The van der Waals surface area contributed by atoms with Crippen LogP contribution in [0.3, 0.4) is 0 Å². The van der Waals surface area contributed by atoms with Crippen molar-refractivity contribution in [3.8, 4) is 5.75 Å². The van der Waals surface area contributed by atoms with Crippen molar-refractivity contribution in [2.45, 2.75) is 51.7 Å². The average Bonchev–Trinajstić information content (AvgIpc) is 2.65. The number of hydrogen-bond acceptors (Lipinski definition) is 3. The predicted molar refractivity (Wildman–Crippen MR) is 121 cm³/mol. The molecule has 0 radical (unpaired) electrons. The summed E-state index contributed by atoms with van der Waals surface area (Å²) >= 11 is 0. The highest BCUT2D eigenvalue weighted by Crippen LogP contribution is 2.24. The minimum atomic E-state index is 0. The second-order valence-corrected chi connectivity index (χ2v) is 6.86. The standard InChI is InChI=1S/C20H32N4O2.HI/c1-4-21-20(23-15-19(25)24(2)3)22-14-16-9-8-12-18(13-16)26-17-10-6-5-7-11-17;/h8-9,12-13,17H,4-7,10-11,14-15H2,1-3H3,(H2,21,22,23);1H. The topological polar surface area (TPSA) is 66.0 Å². The Morgan fingerprint density at radius 1 is 1.22 bits per heavy atom. The van der Waals surface area contributed by atoms with Gasteiger partial charge in [0.15, 0.2) is 5.96 Å². The molecule has 0 unspecified atom stereocenters. The van der Waals surface area contributed by atoms with Crippen molar-refractivity contribution >= 4 is 35.8 Å². The number of carbonyl (C=O) groups is 1. The minimum Gasteiger partial charge on any atom is -0.490 e. The fraction of sp³-hybridized carbons (Fsp3) is 0.600. The van der Waals surface area contributed by atoms with E-state index >= 15 is 0 Å². The van der Waals surface area contributed by atoms with E-state index in [4.69, 9.17) is 4.74 Å². The zero-order valence-corrected chi connectivity index (χ0v) is 19.0. The Kier molecular flexibility index (Phi) is 11.2. The molecule has 6 nitrogen and oxygen atoms in total. The van der Waals surface area contributed by atoms with E-state index in [1.165, 1.54) is 19.3 Å². The Hall–Kier alpha value is -1.51. The van der Waals surface area contributed by atoms with E-state index in [1.807, 2.05) is 25.1 Å². The largest absolute Gasteiger partial charge is 0.490 e. The summed E-state index contributed by atoms with van der Waals surface area (Å²) in [6.07, 6.45) is 6.49. The molecule has 0 atom stereocenters. The van der Waals surface area contributed by atoms with Crippen LogP contribution in [0.2, 0.25) is 0 Å². The van der Waals surface area contributed by atoms with Crippen LogP contribution in [0.1, 0.15) is 44.6 Å². The molecule has 0 aliphatic heterocycles. The van der Waals surface area contributed by atoms with Crippen molar-refractivity contribution in [1.29, 1.82) is 0 Å². The van der Waals surface area contributed by atoms with E-state index in [9.17, 15) is 4.79 Å². The van der Waals surface area contributed by atoms with Crippen molar-refractivity contribution in [2.24, 2.45) is 4.99 Å². The number of nitrogens with one attached hydrogen (secondary N) is 2. The number of amides is 1. The molecule has 7 heteroatoms. The number of aliphatic imine (C=N–C) groups is 1. The summed E-state index contributed by atoms with van der Waals surface area (Å²) in [5.74, 6) is 1.57. The summed E-state index contributed by atoms with van der Waals surface area (Å²) in [5, 5.41) is 6.23. The number of carbonyl (C=O) groups excluding carboxylic acids is 1. The molecular weight excluding hydrogens is 455 g/mol. The average molecular weight is 488 g/mol. The number of hydrogen-bond donors (Lipinski definition) is 2. The van der Waals surface area contributed by atoms with Gasteiger partial charge >= 0.3 is 0 Å². The van der Waals surface area contributed by atoms with Crippen LogP contribution in [-0.2, 0) is 11.3 Å². The zero-order valence-electron chi connectivity index (χ0n) is 16.7. The molecule has 1 fully saturated rings. The molecule has 1 aromatic rings. The summed E-state index contributed by atoms with van der Waals surface area (Å²) in [5.41, 5.74) is 1.09. The maximum Gasteiger partial charge on any atom is 0.241 e. The van der Waals surface area contributed by atoms with Gasteiger partial charge in [-0.3, -0.25) is 4.79 Å². The van der Waals surface area contributed by atoms with Crippen LogP contribution in [0.4, 0.5) is 0 Å². The van der Waals surface area contributed by atoms with Gasteiger partial charge in [0.2, 0.25) is 5.91 Å². The van der Waals surface area contributed by atoms with E-state index < -0.39 is 0 Å². The van der Waals surface area contributed by atoms with Gasteiger partial charge in [0.1, 0.15) is 5.75 Å². The molecule has 0 heterocycles. The molecule has 2 N–H and O–H groups in total. The highest BCUT2D eigenvalue weighted by Gasteiger charge is 2.14. The first kappa shape index (κ1) is 23.5. The van der Waals surface area contributed by atoms with Crippen molar-refractivity contribution in [3.05, 3.63) is 29.8 Å². The van der Waals surface area contributed by atoms with Gasteiger partial charge < -0.3 is 20.3 Å². The molecule has 0 saturated heterocycles. The normalized spacial score (nSPS) is 14.9. The smallest absolute Gasteiger partial charge is 0.241 e. The number of guanidine groups is 1. The van der Waals surface area contributed by atoms with Crippen molar-refractivity contribution < 1.29 is 9.53 Å². The Morgan fingerprint density at radius 3 is 2.63 bits per heavy atom. The number of halogens is 1. The highest BCUT2D eigenvalue weighted by molar-refractivity contribution is 14.0. The third-order valence-corrected chi connectivity index (χ3v) is 4.42. The Labute approximate surface area is 180 Å². The predicted octanol–water partition coefficient (Wildman–Crippen LogP) is 3.16. The lowest BCUT2D eigenvalue weighted by Gasteiger charge is -2.23. The van der Waals surface area contributed by atoms with Gasteiger partial charge in [0, 0.05) is 20.6 Å². The second-order valence-electron chi connectivity index (χ2n) is 6.86. The van der Waals surface area contributed by atoms with Gasteiger partial charge in [-0.2, -0.15) is 0 Å². The lowest BCUT2D eigenvalue weighted by Crippen LogP contribution is -2.42. The molecule has 1 aromatic carbocycles. The second kappa shape index (κ2) is 12.8. The van der Waals surface area contributed by atoms with Gasteiger partial charge in [0.05, 0.1) is 19.2 Å². The van der Waals surface area contributed by atoms with Crippen LogP contribution in [0.25, 0.3) is 0 Å². The van der Waals surface area contributed by atoms with Gasteiger partial charge in [-0.1, -0.05) is 18.6 Å². The minimum absolute atomic E-state index is 0. The van der Waals surface area contributed by atoms with Crippen molar-refractivity contribution in [1.82, 2.24) is 15.5 Å². The molecule has 2 rings (SSSR count). The summed E-state index contributed by atoms with van der Waals surface area (Å²) in [6, 6.07) is 8.14. The summed E-state index contributed by atoms with van der Waals surface area (Å²) in [4.78, 5) is 17.9. The molecule has 1 aliphatic rings. The fourth-order valence-electron chi connectivity index (χ4n) is 2.92.